The molecule has 0 aromatic carbocycles. The first kappa shape index (κ1) is 15.5. The van der Waals surface area contributed by atoms with Crippen LogP contribution >= 0.6 is 12.2 Å². The van der Waals surface area contributed by atoms with Crippen LogP contribution in [0.3, 0.4) is 0 Å². The standard InChI is InChI=1S/C13H20F3N3S/c1-12(2,3)19-10(17-18-11(19)20)8-5-4-6-9(7-8)13(14,15)16/h8-9H,4-7H2,1-3H3,(H,18,20). The van der Waals surface area contributed by atoms with Crippen molar-refractivity contribution in [3.8, 4) is 0 Å². The van der Waals surface area contributed by atoms with Gasteiger partial charge in [0.1, 0.15) is 5.82 Å². The maximum absolute atomic E-state index is 12.9. The van der Waals surface area contributed by atoms with E-state index >= 15 is 0 Å². The summed E-state index contributed by atoms with van der Waals surface area (Å²) in [6, 6.07) is 0. The van der Waals surface area contributed by atoms with Crippen LogP contribution in [0.15, 0.2) is 0 Å². The Morgan fingerprint density at radius 2 is 1.90 bits per heavy atom. The number of alkyl halides is 3. The van der Waals surface area contributed by atoms with Crippen molar-refractivity contribution in [2.75, 3.05) is 0 Å². The highest BCUT2D eigenvalue weighted by Crippen LogP contribution is 2.43. The minimum Gasteiger partial charge on any atom is -0.299 e. The SMILES string of the molecule is CC(C)(C)n1c(C2CCCC(C(F)(F)F)C2)n[nH]c1=S. The number of hydrogen-bond acceptors (Lipinski definition) is 2. The molecular formula is C13H20F3N3S. The van der Waals surface area contributed by atoms with Gasteiger partial charge in [-0.05, 0) is 52.3 Å². The van der Waals surface area contributed by atoms with E-state index in [1.165, 1.54) is 0 Å². The normalized spacial score (nSPS) is 24.9. The highest BCUT2D eigenvalue weighted by atomic mass is 32.1. The van der Waals surface area contributed by atoms with E-state index in [4.69, 9.17) is 12.2 Å². The van der Waals surface area contributed by atoms with Crippen LogP contribution < -0.4 is 0 Å². The van der Waals surface area contributed by atoms with Crippen LogP contribution in [0.1, 0.15) is 58.2 Å². The Morgan fingerprint density at radius 3 is 2.45 bits per heavy atom. The second kappa shape index (κ2) is 5.16. The highest BCUT2D eigenvalue weighted by molar-refractivity contribution is 7.71. The zero-order valence-corrected chi connectivity index (χ0v) is 12.7. The predicted octanol–water partition coefficient (Wildman–Crippen LogP) is 4.53. The van der Waals surface area contributed by atoms with E-state index in [-0.39, 0.29) is 24.3 Å². The van der Waals surface area contributed by atoms with Crippen LogP contribution in [0.4, 0.5) is 13.2 Å². The third kappa shape index (κ3) is 3.07. The van der Waals surface area contributed by atoms with Gasteiger partial charge in [0.15, 0.2) is 4.77 Å². The van der Waals surface area contributed by atoms with Crippen LogP contribution in [0.25, 0.3) is 0 Å². The van der Waals surface area contributed by atoms with E-state index in [0.717, 1.165) is 6.42 Å². The Morgan fingerprint density at radius 1 is 1.25 bits per heavy atom. The van der Waals surface area contributed by atoms with Gasteiger partial charge in [0.05, 0.1) is 5.92 Å². The molecule has 1 aliphatic rings. The number of aromatic nitrogens is 3. The largest absolute Gasteiger partial charge is 0.391 e. The predicted molar refractivity (Wildman–Crippen MR) is 73.2 cm³/mol. The molecule has 0 amide bonds. The smallest absolute Gasteiger partial charge is 0.299 e. The summed E-state index contributed by atoms with van der Waals surface area (Å²) in [5.41, 5.74) is -0.287. The van der Waals surface area contributed by atoms with Gasteiger partial charge in [0.25, 0.3) is 0 Å². The molecule has 2 rings (SSSR count). The maximum Gasteiger partial charge on any atom is 0.391 e. The van der Waals surface area contributed by atoms with Crippen molar-refractivity contribution in [2.24, 2.45) is 5.92 Å². The van der Waals surface area contributed by atoms with Gasteiger partial charge < -0.3 is 0 Å². The van der Waals surface area contributed by atoms with Crippen molar-refractivity contribution >= 4 is 12.2 Å². The first-order chi connectivity index (χ1) is 9.10. The minimum atomic E-state index is -4.11. The third-order valence-corrected chi connectivity index (χ3v) is 4.15. The second-order valence-corrected chi connectivity index (χ2v) is 6.88. The lowest BCUT2D eigenvalue weighted by atomic mass is 9.80. The Labute approximate surface area is 121 Å². The molecule has 0 spiro atoms. The molecule has 2 unspecified atom stereocenters. The van der Waals surface area contributed by atoms with E-state index in [0.29, 0.717) is 17.0 Å². The van der Waals surface area contributed by atoms with Gasteiger partial charge in [-0.25, -0.2) is 0 Å². The number of nitrogens with one attached hydrogen (secondary N) is 1. The van der Waals surface area contributed by atoms with E-state index < -0.39 is 12.1 Å². The first-order valence-electron chi connectivity index (χ1n) is 6.85. The van der Waals surface area contributed by atoms with Crippen molar-refractivity contribution in [2.45, 2.75) is 64.1 Å². The van der Waals surface area contributed by atoms with Gasteiger partial charge >= 0.3 is 6.18 Å². The Balaban J connectivity index is 2.31. The Bertz CT molecular complexity index is 524. The summed E-state index contributed by atoms with van der Waals surface area (Å²) < 4.78 is 41.1. The molecule has 1 saturated carbocycles. The van der Waals surface area contributed by atoms with Crippen molar-refractivity contribution in [1.82, 2.24) is 14.8 Å². The average Bonchev–Trinajstić information content (AvgIpc) is 2.70. The van der Waals surface area contributed by atoms with Gasteiger partial charge in [0.2, 0.25) is 0 Å². The molecule has 114 valence electrons. The molecule has 1 aliphatic carbocycles. The van der Waals surface area contributed by atoms with Crippen LogP contribution in [-0.2, 0) is 5.54 Å². The summed E-state index contributed by atoms with van der Waals surface area (Å²) >= 11 is 5.22. The van der Waals surface area contributed by atoms with Crippen LogP contribution in [0.5, 0.6) is 0 Å². The Kier molecular flexibility index (Phi) is 4.01. The number of aromatic amines is 1. The minimum absolute atomic E-state index is 0.110. The van der Waals surface area contributed by atoms with E-state index in [9.17, 15) is 13.2 Å². The maximum atomic E-state index is 12.9. The molecule has 2 atom stereocenters. The fourth-order valence-electron chi connectivity index (χ4n) is 2.95. The molecule has 7 heteroatoms. The second-order valence-electron chi connectivity index (χ2n) is 6.50. The van der Waals surface area contributed by atoms with Crippen molar-refractivity contribution < 1.29 is 13.2 Å². The Hall–Kier alpha value is -0.850. The lowest BCUT2D eigenvalue weighted by Gasteiger charge is -2.32. The fraction of sp³-hybridized carbons (Fsp3) is 0.846. The molecule has 1 fully saturated rings. The molecule has 1 aromatic rings. The van der Waals surface area contributed by atoms with Crippen molar-refractivity contribution in [3.63, 3.8) is 0 Å². The van der Waals surface area contributed by atoms with Gasteiger partial charge in [0, 0.05) is 11.5 Å². The summed E-state index contributed by atoms with van der Waals surface area (Å²) in [7, 11) is 0. The molecule has 1 aromatic heterocycles. The monoisotopic (exact) mass is 307 g/mol. The highest BCUT2D eigenvalue weighted by Gasteiger charge is 2.43. The van der Waals surface area contributed by atoms with Crippen LogP contribution in [-0.4, -0.2) is 20.9 Å². The number of hydrogen-bond donors (Lipinski definition) is 1. The molecule has 1 N–H and O–H groups in total. The van der Waals surface area contributed by atoms with E-state index in [1.807, 2.05) is 25.3 Å². The van der Waals surface area contributed by atoms with Gasteiger partial charge in [-0.1, -0.05) is 6.42 Å². The number of rotatable bonds is 1. The number of H-pyrrole nitrogens is 1. The lowest BCUT2D eigenvalue weighted by molar-refractivity contribution is -0.183. The lowest BCUT2D eigenvalue weighted by Crippen LogP contribution is -2.31. The first-order valence-corrected chi connectivity index (χ1v) is 7.26. The topological polar surface area (TPSA) is 33.6 Å². The molecule has 1 heterocycles. The summed E-state index contributed by atoms with van der Waals surface area (Å²) in [6.07, 6.45) is -2.46. The molecule has 0 saturated heterocycles. The fourth-order valence-corrected chi connectivity index (χ4v) is 3.37. The zero-order valence-electron chi connectivity index (χ0n) is 11.9. The zero-order chi connectivity index (χ0) is 15.1. The van der Waals surface area contributed by atoms with Gasteiger partial charge in [-0.3, -0.25) is 9.67 Å². The molecule has 0 aliphatic heterocycles. The van der Waals surface area contributed by atoms with Crippen molar-refractivity contribution in [1.29, 1.82) is 0 Å². The van der Waals surface area contributed by atoms with Gasteiger partial charge in [-0.15, -0.1) is 0 Å². The van der Waals surface area contributed by atoms with Crippen LogP contribution in [0.2, 0.25) is 0 Å². The summed E-state index contributed by atoms with van der Waals surface area (Å²) in [6.45, 7) is 5.93. The van der Waals surface area contributed by atoms with E-state index in [2.05, 4.69) is 10.2 Å². The van der Waals surface area contributed by atoms with E-state index in [1.54, 1.807) is 0 Å². The number of nitrogens with zero attached hydrogens (tertiary/aromatic N) is 2. The number of halogens is 3. The molecular weight excluding hydrogens is 287 g/mol. The van der Waals surface area contributed by atoms with Crippen molar-refractivity contribution in [3.05, 3.63) is 10.6 Å². The molecule has 3 nitrogen and oxygen atoms in total. The third-order valence-electron chi connectivity index (χ3n) is 3.87. The average molecular weight is 307 g/mol. The summed E-state index contributed by atoms with van der Waals surface area (Å²) in [5.74, 6) is -0.737. The molecule has 0 bridgehead atoms. The quantitative estimate of drug-likeness (QED) is 0.773. The molecule has 20 heavy (non-hydrogen) atoms. The van der Waals surface area contributed by atoms with Crippen LogP contribution in [0, 0.1) is 10.7 Å². The summed E-state index contributed by atoms with van der Waals surface area (Å²) in [5, 5.41) is 6.93. The molecule has 0 radical (unpaired) electrons. The van der Waals surface area contributed by atoms with Gasteiger partial charge in [-0.2, -0.15) is 18.3 Å². The summed E-state index contributed by atoms with van der Waals surface area (Å²) in [4.78, 5) is 0.